The Kier molecular flexibility index (Phi) is 5.25. The van der Waals surface area contributed by atoms with E-state index >= 15 is 0 Å². The quantitative estimate of drug-likeness (QED) is 0.494. The zero-order chi connectivity index (χ0) is 16.1. The first-order valence-electron chi connectivity index (χ1n) is 6.79. The molecule has 0 spiro atoms. The van der Waals surface area contributed by atoms with Crippen molar-refractivity contribution in [1.82, 2.24) is 4.90 Å². The largest absolute Gasteiger partial charge is 0.480 e. The molecule has 1 aromatic rings. The number of nitrogens with zero attached hydrogens (tertiary/aromatic N) is 4. The second-order valence-electron chi connectivity index (χ2n) is 5.18. The SMILES string of the molecule is [N-]=[N+]=NCC1CC(=O)N([C@@H](Cc2ccccc2Cl)C(=O)O)C1. The van der Waals surface area contributed by atoms with Gasteiger partial charge in [-0.25, -0.2) is 4.79 Å². The van der Waals surface area contributed by atoms with Crippen molar-refractivity contribution >= 4 is 23.5 Å². The van der Waals surface area contributed by atoms with E-state index < -0.39 is 12.0 Å². The van der Waals surface area contributed by atoms with Gasteiger partial charge in [-0.2, -0.15) is 0 Å². The molecule has 0 aliphatic carbocycles. The second kappa shape index (κ2) is 7.15. The first kappa shape index (κ1) is 16.1. The summed E-state index contributed by atoms with van der Waals surface area (Å²) >= 11 is 6.06. The van der Waals surface area contributed by atoms with Gasteiger partial charge in [-0.3, -0.25) is 4.79 Å². The maximum Gasteiger partial charge on any atom is 0.326 e. The number of hydrogen-bond donors (Lipinski definition) is 1. The minimum Gasteiger partial charge on any atom is -0.480 e. The number of carbonyl (C=O) groups excluding carboxylic acids is 1. The van der Waals surface area contributed by atoms with E-state index in [4.69, 9.17) is 17.1 Å². The van der Waals surface area contributed by atoms with E-state index in [2.05, 4.69) is 10.0 Å². The molecule has 7 nitrogen and oxygen atoms in total. The maximum absolute atomic E-state index is 12.1. The Morgan fingerprint density at radius 3 is 2.91 bits per heavy atom. The Hall–Kier alpha value is -2.24. The number of halogens is 1. The van der Waals surface area contributed by atoms with Gasteiger partial charge in [0.1, 0.15) is 6.04 Å². The van der Waals surface area contributed by atoms with Crippen LogP contribution in [-0.2, 0) is 16.0 Å². The summed E-state index contributed by atoms with van der Waals surface area (Å²) in [5.74, 6) is -1.45. The lowest BCUT2D eigenvalue weighted by atomic mass is 10.0. The Morgan fingerprint density at radius 1 is 1.55 bits per heavy atom. The predicted octanol–water partition coefficient (Wildman–Crippen LogP) is 2.49. The Morgan fingerprint density at radius 2 is 2.27 bits per heavy atom. The lowest BCUT2D eigenvalue weighted by molar-refractivity contribution is -0.148. The van der Waals surface area contributed by atoms with Crippen LogP contribution in [-0.4, -0.2) is 41.0 Å². The number of amides is 1. The molecule has 2 atom stereocenters. The van der Waals surface area contributed by atoms with Crippen molar-refractivity contribution in [3.63, 3.8) is 0 Å². The zero-order valence-corrected chi connectivity index (χ0v) is 12.5. The van der Waals surface area contributed by atoms with Crippen LogP contribution >= 0.6 is 11.6 Å². The molecular formula is C14H15ClN4O3. The Bertz CT molecular complexity index is 630. The molecule has 1 amide bonds. The first-order chi connectivity index (χ1) is 10.5. The number of aliphatic carboxylic acids is 1. The molecule has 0 radical (unpaired) electrons. The molecule has 1 fully saturated rings. The molecule has 1 aliphatic rings. The maximum atomic E-state index is 12.1. The molecule has 1 N–H and O–H groups in total. The monoisotopic (exact) mass is 322 g/mol. The summed E-state index contributed by atoms with van der Waals surface area (Å²) < 4.78 is 0. The minimum absolute atomic E-state index is 0.142. The number of likely N-dealkylation sites (tertiary alicyclic amines) is 1. The van der Waals surface area contributed by atoms with Crippen LogP contribution in [0.15, 0.2) is 29.4 Å². The van der Waals surface area contributed by atoms with E-state index in [1.54, 1.807) is 24.3 Å². The standard InChI is InChI=1S/C14H15ClN4O3/c15-11-4-2-1-3-10(11)6-12(14(21)22)19-8-9(5-13(19)20)7-17-18-16/h1-4,9,12H,5-8H2,(H,21,22)/t9?,12-/m0/s1. The Balaban J connectivity index is 2.15. The van der Waals surface area contributed by atoms with Gasteiger partial charge >= 0.3 is 5.97 Å². The normalized spacial score (nSPS) is 18.9. The fourth-order valence-electron chi connectivity index (χ4n) is 2.59. The van der Waals surface area contributed by atoms with Crippen molar-refractivity contribution in [2.24, 2.45) is 11.0 Å². The highest BCUT2D eigenvalue weighted by Crippen LogP contribution is 2.25. The highest BCUT2D eigenvalue weighted by Gasteiger charge is 2.37. The first-order valence-corrected chi connectivity index (χ1v) is 7.17. The smallest absolute Gasteiger partial charge is 0.326 e. The van der Waals surface area contributed by atoms with Crippen LogP contribution in [0.3, 0.4) is 0 Å². The van der Waals surface area contributed by atoms with Gasteiger partial charge in [0.25, 0.3) is 0 Å². The van der Waals surface area contributed by atoms with Crippen LogP contribution in [0, 0.1) is 5.92 Å². The van der Waals surface area contributed by atoms with E-state index in [-0.39, 0.29) is 37.8 Å². The summed E-state index contributed by atoms with van der Waals surface area (Å²) in [6, 6.07) is 6.00. The number of hydrogen-bond acceptors (Lipinski definition) is 3. The summed E-state index contributed by atoms with van der Waals surface area (Å²) in [5, 5.41) is 13.4. The molecule has 0 saturated carbocycles. The fraction of sp³-hybridized carbons (Fsp3) is 0.429. The second-order valence-corrected chi connectivity index (χ2v) is 5.59. The van der Waals surface area contributed by atoms with Crippen molar-refractivity contribution in [3.8, 4) is 0 Å². The third-order valence-corrected chi connectivity index (χ3v) is 4.04. The molecule has 1 unspecified atom stereocenters. The number of carboxylic acids is 1. The van der Waals surface area contributed by atoms with Gasteiger partial charge < -0.3 is 10.0 Å². The summed E-state index contributed by atoms with van der Waals surface area (Å²) in [6.07, 6.45) is 0.348. The van der Waals surface area contributed by atoms with E-state index in [9.17, 15) is 14.7 Å². The van der Waals surface area contributed by atoms with Crippen LogP contribution in [0.4, 0.5) is 0 Å². The van der Waals surface area contributed by atoms with Gasteiger partial charge in [0, 0.05) is 35.9 Å². The number of azide groups is 1. The van der Waals surface area contributed by atoms with Crippen LogP contribution in [0.25, 0.3) is 10.4 Å². The van der Waals surface area contributed by atoms with Gasteiger partial charge in [-0.1, -0.05) is 34.9 Å². The average Bonchev–Trinajstić information content (AvgIpc) is 2.84. The molecule has 116 valence electrons. The van der Waals surface area contributed by atoms with Gasteiger partial charge in [-0.15, -0.1) is 0 Å². The van der Waals surface area contributed by atoms with Gasteiger partial charge in [0.2, 0.25) is 5.91 Å². The van der Waals surface area contributed by atoms with E-state index in [0.29, 0.717) is 10.6 Å². The van der Waals surface area contributed by atoms with Gasteiger partial charge in [0.05, 0.1) is 0 Å². The van der Waals surface area contributed by atoms with Crippen LogP contribution in [0.5, 0.6) is 0 Å². The van der Waals surface area contributed by atoms with Crippen molar-refractivity contribution in [2.75, 3.05) is 13.1 Å². The van der Waals surface area contributed by atoms with E-state index in [1.807, 2.05) is 0 Å². The molecule has 1 aliphatic heterocycles. The highest BCUT2D eigenvalue weighted by molar-refractivity contribution is 6.31. The van der Waals surface area contributed by atoms with Crippen molar-refractivity contribution in [2.45, 2.75) is 18.9 Å². The van der Waals surface area contributed by atoms with Crippen LogP contribution in [0.2, 0.25) is 5.02 Å². The highest BCUT2D eigenvalue weighted by atomic mass is 35.5. The summed E-state index contributed by atoms with van der Waals surface area (Å²) in [6.45, 7) is 0.469. The molecule has 22 heavy (non-hydrogen) atoms. The minimum atomic E-state index is -1.07. The van der Waals surface area contributed by atoms with E-state index in [1.165, 1.54) is 4.90 Å². The molecule has 2 rings (SSSR count). The number of carbonyl (C=O) groups is 2. The number of benzene rings is 1. The van der Waals surface area contributed by atoms with Gasteiger partial charge in [-0.05, 0) is 23.1 Å². The molecular weight excluding hydrogens is 308 g/mol. The predicted molar refractivity (Wildman–Crippen MR) is 80.4 cm³/mol. The Labute approximate surface area is 132 Å². The third-order valence-electron chi connectivity index (χ3n) is 3.67. The topological polar surface area (TPSA) is 106 Å². The average molecular weight is 323 g/mol. The number of carboxylic acid groups (broad SMARTS) is 1. The molecule has 0 aromatic heterocycles. The fourth-order valence-corrected chi connectivity index (χ4v) is 2.80. The van der Waals surface area contributed by atoms with Crippen molar-refractivity contribution in [1.29, 1.82) is 0 Å². The van der Waals surface area contributed by atoms with Crippen molar-refractivity contribution in [3.05, 3.63) is 45.3 Å². The van der Waals surface area contributed by atoms with E-state index in [0.717, 1.165) is 0 Å². The number of rotatable bonds is 6. The molecule has 1 saturated heterocycles. The summed E-state index contributed by atoms with van der Waals surface area (Å²) in [7, 11) is 0. The van der Waals surface area contributed by atoms with Crippen LogP contribution in [0.1, 0.15) is 12.0 Å². The zero-order valence-electron chi connectivity index (χ0n) is 11.7. The molecule has 8 heteroatoms. The molecule has 1 aromatic carbocycles. The van der Waals surface area contributed by atoms with Crippen LogP contribution < -0.4 is 0 Å². The summed E-state index contributed by atoms with van der Waals surface area (Å²) in [5.41, 5.74) is 9.02. The third kappa shape index (κ3) is 3.69. The molecule has 1 heterocycles. The lowest BCUT2D eigenvalue weighted by Gasteiger charge is -2.25. The van der Waals surface area contributed by atoms with Gasteiger partial charge in [0.15, 0.2) is 0 Å². The molecule has 0 bridgehead atoms. The van der Waals surface area contributed by atoms with Crippen molar-refractivity contribution < 1.29 is 14.7 Å². The lowest BCUT2D eigenvalue weighted by Crippen LogP contribution is -2.43. The summed E-state index contributed by atoms with van der Waals surface area (Å²) in [4.78, 5) is 27.6.